The first-order valence-electron chi connectivity index (χ1n) is 23.2. The van der Waals surface area contributed by atoms with Crippen LogP contribution in [0.25, 0.3) is 0 Å². The summed E-state index contributed by atoms with van der Waals surface area (Å²) in [5.74, 6) is -4.06. The largest absolute Gasteiger partial charge is 0.427 e. The molecule has 3 aromatic rings. The average Bonchev–Trinajstić information content (AvgIpc) is 3.86. The Bertz CT molecular complexity index is 2440. The predicted molar refractivity (Wildman–Crippen MR) is 238 cm³/mol. The number of ether oxygens (including phenoxy) is 1. The molecule has 4 aliphatic rings. The summed E-state index contributed by atoms with van der Waals surface area (Å²) in [5.41, 5.74) is 2.80. The van der Waals surface area contributed by atoms with Gasteiger partial charge in [-0.15, -0.1) is 0 Å². The van der Waals surface area contributed by atoms with Gasteiger partial charge in [0.2, 0.25) is 29.2 Å². The smallest absolute Gasteiger partial charge is 0.418 e. The predicted octanol–water partition coefficient (Wildman–Crippen LogP) is 7.97. The number of carbonyl (C=O) groups is 8. The number of alkyl halides is 3. The highest BCUT2D eigenvalue weighted by molar-refractivity contribution is 6.23. The number of benzene rings is 3. The van der Waals surface area contributed by atoms with Crippen molar-refractivity contribution >= 4 is 53.1 Å². The molecule has 3 heterocycles. The summed E-state index contributed by atoms with van der Waals surface area (Å²) in [6.07, 6.45) is 5.95. The lowest BCUT2D eigenvalue weighted by molar-refractivity contribution is -0.187. The molecule has 2 saturated heterocycles. The quantitative estimate of drug-likeness (QED) is 0.0840. The maximum Gasteiger partial charge on any atom is 0.418 e. The lowest BCUT2D eigenvalue weighted by atomic mass is 9.94. The molecule has 0 aromatic heterocycles. The molecule has 2 N–H and O–H groups in total. The number of anilines is 1. The number of nitrogens with one attached hydrogen (secondary N) is 2. The zero-order valence-corrected chi connectivity index (χ0v) is 37.8. The van der Waals surface area contributed by atoms with Gasteiger partial charge in [0.1, 0.15) is 18.6 Å². The Morgan fingerprint density at radius 2 is 1.46 bits per heavy atom. The molecule has 17 heteroatoms. The summed E-state index contributed by atoms with van der Waals surface area (Å²) < 4.78 is 47.2. The van der Waals surface area contributed by atoms with Gasteiger partial charge in [-0.05, 0) is 86.9 Å². The van der Waals surface area contributed by atoms with E-state index in [-0.39, 0.29) is 37.3 Å². The van der Waals surface area contributed by atoms with Crippen LogP contribution in [0, 0.1) is 6.92 Å². The zero-order chi connectivity index (χ0) is 48.0. The second-order valence-corrected chi connectivity index (χ2v) is 18.1. The van der Waals surface area contributed by atoms with Crippen molar-refractivity contribution in [2.75, 3.05) is 11.9 Å². The molecule has 2 fully saturated rings. The first kappa shape index (κ1) is 48.5. The molecular weight excluding hydrogens is 872 g/mol. The topological polar surface area (TPSA) is 180 Å². The minimum atomic E-state index is -4.75. The number of carbonyl (C=O) groups excluding carboxylic acids is 8. The van der Waals surface area contributed by atoms with Gasteiger partial charge in [-0.25, -0.2) is 9.69 Å². The van der Waals surface area contributed by atoms with Crippen molar-refractivity contribution in [3.05, 3.63) is 99.6 Å². The van der Waals surface area contributed by atoms with Crippen molar-refractivity contribution < 1.29 is 56.3 Å². The third-order valence-electron chi connectivity index (χ3n) is 13.3. The van der Waals surface area contributed by atoms with Gasteiger partial charge in [0.25, 0.3) is 17.7 Å². The van der Waals surface area contributed by atoms with Crippen molar-refractivity contribution in [3.63, 3.8) is 0 Å². The molecule has 356 valence electrons. The third-order valence-corrected chi connectivity index (χ3v) is 13.3. The summed E-state index contributed by atoms with van der Waals surface area (Å²) in [7, 11) is 0. The molecule has 0 radical (unpaired) electrons. The van der Waals surface area contributed by atoms with Crippen LogP contribution >= 0.6 is 0 Å². The molecule has 0 bridgehead atoms. The van der Waals surface area contributed by atoms with Crippen LogP contribution in [0.15, 0.2) is 60.7 Å². The summed E-state index contributed by atoms with van der Waals surface area (Å²) in [5, 5.41) is 5.11. The number of imide groups is 3. The van der Waals surface area contributed by atoms with Gasteiger partial charge in [0, 0.05) is 37.1 Å². The molecule has 1 unspecified atom stereocenters. The summed E-state index contributed by atoms with van der Waals surface area (Å²) in [4.78, 5) is 105. The molecular formula is C50H56F3N5O9. The van der Waals surface area contributed by atoms with Crippen molar-refractivity contribution in [1.82, 2.24) is 20.0 Å². The number of rotatable bonds is 20. The Hall–Kier alpha value is -6.39. The lowest BCUT2D eigenvalue weighted by Gasteiger charge is -2.31. The summed E-state index contributed by atoms with van der Waals surface area (Å²) in [6.45, 7) is 1.40. The highest BCUT2D eigenvalue weighted by Crippen LogP contribution is 2.46. The molecule has 1 aliphatic carbocycles. The van der Waals surface area contributed by atoms with Crippen LogP contribution in [0.2, 0.25) is 0 Å². The summed E-state index contributed by atoms with van der Waals surface area (Å²) in [6, 6.07) is 13.7. The molecule has 0 saturated carbocycles. The highest BCUT2D eigenvalue weighted by atomic mass is 19.4. The van der Waals surface area contributed by atoms with Crippen LogP contribution in [0.3, 0.4) is 0 Å². The molecule has 3 atom stereocenters. The van der Waals surface area contributed by atoms with Gasteiger partial charge in [-0.2, -0.15) is 13.2 Å². The minimum Gasteiger partial charge on any atom is -0.427 e. The average molecular weight is 928 g/mol. The fraction of sp³-hybridized carbons (Fsp3) is 0.480. The number of hydrogen-bond acceptors (Lipinski definition) is 9. The van der Waals surface area contributed by atoms with E-state index in [4.69, 9.17) is 4.74 Å². The van der Waals surface area contributed by atoms with E-state index in [0.717, 1.165) is 93.6 Å². The SMILES string of the molecule is Cc1ccc(CN(C(=O)CN2C(=O)O[C@@]3(CCc4cc(NC(=O)CCCCCCCCCCCCc5ccc6c(c5)C(=O)N(C5CCC(=O)NC5=O)C6=O)ccc43)C2=O)[C@@H](C)C(F)(F)F)cc1. The number of nitrogens with zero attached hydrogens (tertiary/aromatic N) is 3. The van der Waals surface area contributed by atoms with Gasteiger partial charge in [-0.3, -0.25) is 43.8 Å². The number of halogens is 3. The standard InChI is InChI=1S/C50H56F3N5O9/c1-31-15-17-34(18-16-31)29-56(32(2)50(51,52)53)43(61)30-57-47(65)49(67-48(57)66)26-25-35-28-36(20-22-39(35)49)54-41(59)14-12-10-8-6-4-3-5-7-9-11-13-33-19-21-37-38(27-33)46(64)58(45(37)63)40-23-24-42(60)55-44(40)62/h15-22,27-28,32,40H,3-14,23-26,29-30H2,1-2H3,(H,54,59)(H,55,60,62)/t32-,40?,49+/m0/s1. The molecule has 3 aliphatic heterocycles. The van der Waals surface area contributed by atoms with Crippen molar-refractivity contribution in [3.8, 4) is 0 Å². The van der Waals surface area contributed by atoms with E-state index in [9.17, 15) is 51.5 Å². The fourth-order valence-electron chi connectivity index (χ4n) is 9.39. The molecule has 7 rings (SSSR count). The van der Waals surface area contributed by atoms with Gasteiger partial charge < -0.3 is 15.0 Å². The molecule has 67 heavy (non-hydrogen) atoms. The summed E-state index contributed by atoms with van der Waals surface area (Å²) >= 11 is 0. The number of hydrogen-bond donors (Lipinski definition) is 2. The van der Waals surface area contributed by atoms with Crippen molar-refractivity contribution in [2.45, 2.75) is 147 Å². The van der Waals surface area contributed by atoms with E-state index in [2.05, 4.69) is 10.6 Å². The van der Waals surface area contributed by atoms with Crippen LogP contribution in [0.4, 0.5) is 23.7 Å². The maximum absolute atomic E-state index is 13.9. The molecule has 1 spiro atoms. The van der Waals surface area contributed by atoms with Crippen LogP contribution in [-0.4, -0.2) is 86.9 Å². The first-order valence-corrected chi connectivity index (χ1v) is 23.2. The Labute approximate surface area is 386 Å². The number of piperidine rings is 1. The van der Waals surface area contributed by atoms with Crippen LogP contribution < -0.4 is 10.6 Å². The zero-order valence-electron chi connectivity index (χ0n) is 37.8. The van der Waals surface area contributed by atoms with Crippen LogP contribution in [0.5, 0.6) is 0 Å². The fourth-order valence-corrected chi connectivity index (χ4v) is 9.39. The monoisotopic (exact) mass is 927 g/mol. The Morgan fingerprint density at radius 3 is 2.13 bits per heavy atom. The van der Waals surface area contributed by atoms with Crippen molar-refractivity contribution in [1.29, 1.82) is 0 Å². The Morgan fingerprint density at radius 1 is 0.821 bits per heavy atom. The Balaban J connectivity index is 0.775. The molecule has 3 aromatic carbocycles. The minimum absolute atomic E-state index is 0.0767. The van der Waals surface area contributed by atoms with Crippen LogP contribution in [-0.2, 0) is 53.7 Å². The first-order chi connectivity index (χ1) is 32.0. The van der Waals surface area contributed by atoms with E-state index in [1.54, 1.807) is 54.6 Å². The highest BCUT2D eigenvalue weighted by Gasteiger charge is 2.59. The Kier molecular flexibility index (Phi) is 15.0. The number of fused-ring (bicyclic) bond motifs is 3. The van der Waals surface area contributed by atoms with Crippen molar-refractivity contribution in [2.24, 2.45) is 0 Å². The molecule has 14 nitrogen and oxygen atoms in total. The van der Waals surface area contributed by atoms with Crippen LogP contribution in [0.1, 0.15) is 145 Å². The third kappa shape index (κ3) is 10.9. The number of aryl methyl sites for hydroxylation is 3. The second-order valence-electron chi connectivity index (χ2n) is 18.1. The number of amides is 8. The molecule has 8 amide bonds. The lowest BCUT2D eigenvalue weighted by Crippen LogP contribution is -2.54. The maximum atomic E-state index is 13.9. The van der Waals surface area contributed by atoms with Gasteiger partial charge >= 0.3 is 12.3 Å². The van der Waals surface area contributed by atoms with Gasteiger partial charge in [-0.1, -0.05) is 93.3 Å². The van der Waals surface area contributed by atoms with E-state index >= 15 is 0 Å². The van der Waals surface area contributed by atoms with E-state index < -0.39 is 71.9 Å². The van der Waals surface area contributed by atoms with E-state index in [1.165, 1.54) is 0 Å². The second kappa shape index (κ2) is 20.6. The van der Waals surface area contributed by atoms with Gasteiger partial charge in [0.15, 0.2) is 0 Å². The normalized spacial score (nSPS) is 19.4. The van der Waals surface area contributed by atoms with E-state index in [0.29, 0.717) is 50.6 Å². The van der Waals surface area contributed by atoms with Gasteiger partial charge in [0.05, 0.1) is 11.1 Å². The number of unbranched alkanes of at least 4 members (excludes halogenated alkanes) is 9. The van der Waals surface area contributed by atoms with E-state index in [1.807, 2.05) is 13.0 Å².